The van der Waals surface area contributed by atoms with E-state index in [9.17, 15) is 66.3 Å². The predicted molar refractivity (Wildman–Crippen MR) is 284 cm³/mol. The molecule has 0 atom stereocenters. The molecule has 78 heavy (non-hydrogen) atoms. The lowest BCUT2D eigenvalue weighted by Gasteiger charge is -2.27. The van der Waals surface area contributed by atoms with Crippen molar-refractivity contribution in [2.45, 2.75) is 99.7 Å². The van der Waals surface area contributed by atoms with E-state index < -0.39 is 72.6 Å². The van der Waals surface area contributed by atoms with Gasteiger partial charge in [0.05, 0.1) is 63.3 Å². The van der Waals surface area contributed by atoms with Gasteiger partial charge in [-0.2, -0.15) is 4.58 Å². The molecular weight excluding hydrogens is 1100 g/mol. The van der Waals surface area contributed by atoms with Gasteiger partial charge in [-0.1, -0.05) is 51.0 Å². The Labute approximate surface area is 457 Å². The minimum Gasteiger partial charge on any atom is -0.748 e. The van der Waals surface area contributed by atoms with Crippen LogP contribution in [0.1, 0.15) is 90.2 Å². The molecule has 0 radical (unpaired) electrons. The van der Waals surface area contributed by atoms with Crippen molar-refractivity contribution in [3.05, 3.63) is 107 Å². The molecule has 1 N–H and O–H groups in total. The third-order valence-electron chi connectivity index (χ3n) is 13.3. The summed E-state index contributed by atoms with van der Waals surface area (Å²) in [5, 5.41) is 2.90. The second kappa shape index (κ2) is 27.8. The summed E-state index contributed by atoms with van der Waals surface area (Å²) in [7, 11) is -19.1. The monoisotopic (exact) mass is 1160 g/mol. The lowest BCUT2D eigenvalue weighted by molar-refractivity contribution is -0.432. The molecule has 0 aliphatic carbocycles. The van der Waals surface area contributed by atoms with Crippen molar-refractivity contribution in [3.63, 3.8) is 0 Å². The number of nitrogens with one attached hydrogen (secondary N) is 1. The summed E-state index contributed by atoms with van der Waals surface area (Å²) in [6, 6.07) is 7.52. The number of amides is 3. The summed E-state index contributed by atoms with van der Waals surface area (Å²) in [6.07, 6.45) is 17.6. The molecule has 2 aromatic rings. The highest BCUT2D eigenvalue weighted by atomic mass is 32.2. The minimum atomic E-state index is -4.85. The quantitative estimate of drug-likeness (QED) is 0.0348. The Morgan fingerprint density at radius 1 is 0.641 bits per heavy atom. The molecule has 3 aliphatic heterocycles. The van der Waals surface area contributed by atoms with Crippen LogP contribution in [0.4, 0.5) is 11.4 Å². The maximum absolute atomic E-state index is 12.6. The Morgan fingerprint density at radius 2 is 1.21 bits per heavy atom. The Kier molecular flexibility index (Phi) is 22.6. The smallest absolute Gasteiger partial charge is 0.253 e. The van der Waals surface area contributed by atoms with Gasteiger partial charge in [-0.15, -0.1) is 0 Å². The van der Waals surface area contributed by atoms with E-state index in [1.807, 2.05) is 0 Å². The van der Waals surface area contributed by atoms with Crippen LogP contribution in [-0.2, 0) is 79.9 Å². The topological polar surface area (TPSA) is 329 Å². The van der Waals surface area contributed by atoms with Gasteiger partial charge in [-0.3, -0.25) is 19.3 Å². The molecule has 3 heterocycles. The standard InChI is InChI=1S/C52H70N4O18S4/c1-51(2)42-37-40(77(66,67)68)19-21-44(42)54(27-35-75(60,61)62)46(51)16-9-14-39(15-10-17-47-52(3,4)43-38-41(78(69,70)71)20-22-45(43)55(47)28-36-76(63,64)65)13-7-5-6-8-18-48(57)53-25-11-29-72-31-33-74-34-32-73-30-12-26-56-49(58)23-24-50(56)59/h9-10,14-17,19-24,37-38H,5-8,11-13,18,25-36H2,1-4H3,(H4-,53,57,60,61,62,63,64,65,66,67,68,69,70,71)/p-3. The van der Waals surface area contributed by atoms with Crippen molar-refractivity contribution in [3.8, 4) is 0 Å². The van der Waals surface area contributed by atoms with E-state index >= 15 is 0 Å². The van der Waals surface area contributed by atoms with Gasteiger partial charge < -0.3 is 42.6 Å². The summed E-state index contributed by atoms with van der Waals surface area (Å²) in [6.45, 7) is 9.53. The van der Waals surface area contributed by atoms with Gasteiger partial charge in [0, 0.05) is 85.9 Å². The van der Waals surface area contributed by atoms with Crippen LogP contribution in [0.2, 0.25) is 0 Å². The lowest BCUT2D eigenvalue weighted by atomic mass is 9.81. The molecule has 0 saturated carbocycles. The zero-order valence-corrected chi connectivity index (χ0v) is 47.3. The van der Waals surface area contributed by atoms with E-state index in [2.05, 4.69) is 5.32 Å². The number of hydrogen-bond acceptors (Lipinski definition) is 19. The molecule has 26 heteroatoms. The molecule has 22 nitrogen and oxygen atoms in total. The molecule has 3 amide bonds. The van der Waals surface area contributed by atoms with Crippen molar-refractivity contribution < 1.29 is 85.1 Å². The van der Waals surface area contributed by atoms with Crippen LogP contribution in [0.3, 0.4) is 0 Å². The van der Waals surface area contributed by atoms with Gasteiger partial charge in [0.15, 0.2) is 12.3 Å². The van der Waals surface area contributed by atoms with E-state index in [4.69, 9.17) is 14.2 Å². The van der Waals surface area contributed by atoms with Crippen molar-refractivity contribution in [2.24, 2.45) is 0 Å². The zero-order valence-electron chi connectivity index (χ0n) is 44.0. The highest BCUT2D eigenvalue weighted by Crippen LogP contribution is 2.48. The highest BCUT2D eigenvalue weighted by molar-refractivity contribution is 7.86. The van der Waals surface area contributed by atoms with Crippen LogP contribution in [0.25, 0.3) is 0 Å². The maximum atomic E-state index is 12.6. The minimum absolute atomic E-state index is 0.0951. The van der Waals surface area contributed by atoms with Crippen LogP contribution in [0.5, 0.6) is 0 Å². The number of hydrogen-bond donors (Lipinski definition) is 1. The fourth-order valence-corrected chi connectivity index (χ4v) is 11.0. The third-order valence-corrected chi connectivity index (χ3v) is 16.3. The average Bonchev–Trinajstić information content (AvgIpc) is 4.13. The summed E-state index contributed by atoms with van der Waals surface area (Å²) in [5.74, 6) is -2.27. The largest absolute Gasteiger partial charge is 0.748 e. The van der Waals surface area contributed by atoms with Crippen molar-refractivity contribution in [1.29, 1.82) is 0 Å². The molecule has 0 unspecified atom stereocenters. The summed E-state index contributed by atoms with van der Waals surface area (Å²) < 4.78 is 161. The second-order valence-electron chi connectivity index (χ2n) is 19.7. The van der Waals surface area contributed by atoms with E-state index in [-0.39, 0.29) is 30.8 Å². The van der Waals surface area contributed by atoms with E-state index in [0.29, 0.717) is 125 Å². The molecule has 0 saturated heterocycles. The fraction of sp³-hybridized carbons (Fsp3) is 0.500. The Balaban J connectivity index is 1.20. The van der Waals surface area contributed by atoms with Crippen LogP contribution >= 0.6 is 0 Å². The number of fused-ring (bicyclic) bond motifs is 2. The van der Waals surface area contributed by atoms with Crippen LogP contribution in [0.15, 0.2) is 106 Å². The number of nitrogens with zero attached hydrogens (tertiary/aromatic N) is 3. The molecule has 430 valence electrons. The number of unbranched alkanes of at least 4 members (excludes halogenated alkanes) is 3. The fourth-order valence-electron chi connectivity index (χ4n) is 9.23. The molecule has 0 spiro atoms. The van der Waals surface area contributed by atoms with Gasteiger partial charge in [-0.05, 0) is 93.5 Å². The molecule has 0 bridgehead atoms. The molecule has 2 aromatic carbocycles. The first-order valence-corrected chi connectivity index (χ1v) is 31.3. The number of carbonyl (C=O) groups excluding carboxylic acids is 3. The SMILES string of the molecule is CC1(C)C(/C=C/C=C(/C=C/C=C2/N(CCS(=O)(=O)[O-])c3ccc(S(=O)(=O)[O-])cc3C2(C)C)CCCCCCC(=O)NCCCOCCOCCOCCCN2C(=O)C=CC2=O)=[N+](CCS(=O)(=O)[O-])c2ccc(S(=O)(=O)[O-])cc21. The van der Waals surface area contributed by atoms with E-state index in [1.54, 1.807) is 73.6 Å². The van der Waals surface area contributed by atoms with Gasteiger partial charge in [-0.25, -0.2) is 33.7 Å². The summed E-state index contributed by atoms with van der Waals surface area (Å²) in [5.41, 5.74) is 1.53. The van der Waals surface area contributed by atoms with E-state index in [0.717, 1.165) is 35.4 Å². The van der Waals surface area contributed by atoms with E-state index in [1.165, 1.54) is 36.4 Å². The number of benzene rings is 2. The van der Waals surface area contributed by atoms with Gasteiger partial charge in [0.25, 0.3) is 11.8 Å². The first kappa shape index (κ1) is 63.6. The van der Waals surface area contributed by atoms with Crippen molar-refractivity contribution in [2.75, 3.05) is 82.2 Å². The molecular formula is C52H67N4O18S4-3. The highest BCUT2D eigenvalue weighted by Gasteiger charge is 2.45. The predicted octanol–water partition coefficient (Wildman–Crippen LogP) is 3.89. The van der Waals surface area contributed by atoms with Crippen LogP contribution in [-0.4, -0.2) is 162 Å². The van der Waals surface area contributed by atoms with Crippen molar-refractivity contribution >= 4 is 75.3 Å². The Hall–Kier alpha value is -5.26. The van der Waals surface area contributed by atoms with Crippen molar-refractivity contribution in [1.82, 2.24) is 10.2 Å². The Bertz CT molecular complexity index is 3160. The number of allylic oxidation sites excluding steroid dienone is 8. The first-order valence-electron chi connectivity index (χ1n) is 25.3. The van der Waals surface area contributed by atoms with Gasteiger partial charge in [0.1, 0.15) is 30.4 Å². The number of anilines is 1. The Morgan fingerprint density at radius 3 is 1.81 bits per heavy atom. The van der Waals surface area contributed by atoms with Crippen LogP contribution in [0, 0.1) is 0 Å². The molecule has 5 rings (SSSR count). The second-order valence-corrected chi connectivity index (χ2v) is 25.5. The molecule has 0 aromatic heterocycles. The normalized spacial score (nSPS) is 17.2. The number of carbonyl (C=O) groups is 3. The van der Waals surface area contributed by atoms with Crippen LogP contribution < -0.4 is 10.2 Å². The zero-order chi connectivity index (χ0) is 57.5. The molecule has 3 aliphatic rings. The average molecular weight is 1160 g/mol. The van der Waals surface area contributed by atoms with Gasteiger partial charge >= 0.3 is 0 Å². The summed E-state index contributed by atoms with van der Waals surface area (Å²) in [4.78, 5) is 37.5. The first-order chi connectivity index (χ1) is 36.5. The third kappa shape index (κ3) is 18.7. The molecule has 0 fully saturated rings. The maximum Gasteiger partial charge on any atom is 0.253 e. The lowest BCUT2D eigenvalue weighted by Crippen LogP contribution is -2.31. The number of rotatable bonds is 33. The van der Waals surface area contributed by atoms with Gasteiger partial charge in [0.2, 0.25) is 11.6 Å². The summed E-state index contributed by atoms with van der Waals surface area (Å²) >= 11 is 0. The number of imide groups is 1. The number of ether oxygens (including phenoxy) is 3.